The summed E-state index contributed by atoms with van der Waals surface area (Å²) in [7, 11) is 1.56. The first-order valence-electron chi connectivity index (χ1n) is 6.26. The van der Waals surface area contributed by atoms with Gasteiger partial charge in [-0.3, -0.25) is 4.79 Å². The van der Waals surface area contributed by atoms with E-state index in [0.717, 1.165) is 5.57 Å². The van der Waals surface area contributed by atoms with Gasteiger partial charge in [0.15, 0.2) is 0 Å². The van der Waals surface area contributed by atoms with E-state index in [9.17, 15) is 4.79 Å². The van der Waals surface area contributed by atoms with Crippen molar-refractivity contribution in [2.45, 2.75) is 13.5 Å². The predicted molar refractivity (Wildman–Crippen MR) is 79.5 cm³/mol. The van der Waals surface area contributed by atoms with E-state index in [2.05, 4.69) is 17.0 Å². The van der Waals surface area contributed by atoms with Gasteiger partial charge >= 0.3 is 0 Å². The molecule has 0 saturated carbocycles. The standard InChI is InChI=1S/C13H20ClN3O3/c1-10(2)9-20-6-4-15-11-8-16-17(5-7-19-3)13(18)12(11)14/h8,15H,1,4-7,9H2,2-3H3. The third kappa shape index (κ3) is 5.32. The Bertz CT molecular complexity index is 502. The molecule has 0 saturated heterocycles. The van der Waals surface area contributed by atoms with Crippen molar-refractivity contribution >= 4 is 17.3 Å². The van der Waals surface area contributed by atoms with Crippen LogP contribution in [0.5, 0.6) is 0 Å². The van der Waals surface area contributed by atoms with Gasteiger partial charge in [-0.1, -0.05) is 23.8 Å². The molecule has 7 heteroatoms. The summed E-state index contributed by atoms with van der Waals surface area (Å²) in [6.07, 6.45) is 1.53. The van der Waals surface area contributed by atoms with Crippen LogP contribution >= 0.6 is 11.6 Å². The van der Waals surface area contributed by atoms with E-state index in [4.69, 9.17) is 21.1 Å². The van der Waals surface area contributed by atoms with Crippen molar-refractivity contribution < 1.29 is 9.47 Å². The van der Waals surface area contributed by atoms with Crippen molar-refractivity contribution in [1.82, 2.24) is 9.78 Å². The van der Waals surface area contributed by atoms with E-state index in [1.165, 1.54) is 10.9 Å². The van der Waals surface area contributed by atoms with Crippen molar-refractivity contribution in [3.05, 3.63) is 33.7 Å². The van der Waals surface area contributed by atoms with Crippen LogP contribution in [0.15, 0.2) is 23.1 Å². The summed E-state index contributed by atoms with van der Waals surface area (Å²) in [4.78, 5) is 11.9. The van der Waals surface area contributed by atoms with E-state index in [-0.39, 0.29) is 10.6 Å². The number of methoxy groups -OCH3 is 1. The lowest BCUT2D eigenvalue weighted by molar-refractivity contribution is 0.167. The molecule has 0 aliphatic carbocycles. The highest BCUT2D eigenvalue weighted by atomic mass is 35.5. The van der Waals surface area contributed by atoms with Crippen LogP contribution in [-0.2, 0) is 16.0 Å². The van der Waals surface area contributed by atoms with Gasteiger partial charge in [0.2, 0.25) is 0 Å². The van der Waals surface area contributed by atoms with Gasteiger partial charge in [-0.15, -0.1) is 0 Å². The average Bonchev–Trinajstić information content (AvgIpc) is 2.41. The first kappa shape index (κ1) is 16.7. The maximum absolute atomic E-state index is 11.9. The van der Waals surface area contributed by atoms with Crippen LogP contribution in [0.1, 0.15) is 6.92 Å². The molecule has 1 heterocycles. The smallest absolute Gasteiger partial charge is 0.287 e. The van der Waals surface area contributed by atoms with E-state index in [1.807, 2.05) is 6.92 Å². The highest BCUT2D eigenvalue weighted by Crippen LogP contribution is 2.14. The van der Waals surface area contributed by atoms with Crippen molar-refractivity contribution in [1.29, 1.82) is 0 Å². The summed E-state index contributed by atoms with van der Waals surface area (Å²) in [5, 5.41) is 7.16. The van der Waals surface area contributed by atoms with Crippen molar-refractivity contribution in [3.8, 4) is 0 Å². The molecule has 1 rings (SSSR count). The zero-order chi connectivity index (χ0) is 15.0. The van der Waals surface area contributed by atoms with Gasteiger partial charge in [-0.25, -0.2) is 4.68 Å². The van der Waals surface area contributed by atoms with E-state index in [1.54, 1.807) is 7.11 Å². The maximum Gasteiger partial charge on any atom is 0.287 e. The van der Waals surface area contributed by atoms with Crippen LogP contribution in [0, 0.1) is 0 Å². The normalized spacial score (nSPS) is 10.6. The molecule has 0 unspecified atom stereocenters. The van der Waals surface area contributed by atoms with Gasteiger partial charge in [0, 0.05) is 13.7 Å². The van der Waals surface area contributed by atoms with Crippen molar-refractivity contribution in [2.24, 2.45) is 0 Å². The van der Waals surface area contributed by atoms with Gasteiger partial charge in [-0.05, 0) is 6.92 Å². The number of hydrogen-bond donors (Lipinski definition) is 1. The van der Waals surface area contributed by atoms with Gasteiger partial charge in [-0.2, -0.15) is 5.10 Å². The molecule has 0 amide bonds. The molecule has 1 aromatic heterocycles. The lowest BCUT2D eigenvalue weighted by Crippen LogP contribution is -2.26. The minimum absolute atomic E-state index is 0.121. The molecule has 6 nitrogen and oxygen atoms in total. The number of anilines is 1. The van der Waals surface area contributed by atoms with Gasteiger partial charge in [0.25, 0.3) is 5.56 Å². The fourth-order valence-corrected chi connectivity index (χ4v) is 1.64. The molecule has 0 aliphatic heterocycles. The second-order valence-corrected chi connectivity index (χ2v) is 4.71. The molecular formula is C13H20ClN3O3. The lowest BCUT2D eigenvalue weighted by atomic mass is 10.4. The van der Waals surface area contributed by atoms with Gasteiger partial charge in [0.1, 0.15) is 5.02 Å². The van der Waals surface area contributed by atoms with Crippen LogP contribution in [0.2, 0.25) is 5.02 Å². The Hall–Kier alpha value is -1.37. The van der Waals surface area contributed by atoms with Crippen LogP contribution in [0.25, 0.3) is 0 Å². The third-order valence-electron chi connectivity index (χ3n) is 2.40. The number of aromatic nitrogens is 2. The molecule has 20 heavy (non-hydrogen) atoms. The Morgan fingerprint density at radius 1 is 1.55 bits per heavy atom. The quantitative estimate of drug-likeness (QED) is 0.554. The largest absolute Gasteiger partial charge is 0.383 e. The van der Waals surface area contributed by atoms with E-state index >= 15 is 0 Å². The minimum Gasteiger partial charge on any atom is -0.383 e. The summed E-state index contributed by atoms with van der Waals surface area (Å²) >= 11 is 6.01. The molecule has 0 bridgehead atoms. The zero-order valence-corrected chi connectivity index (χ0v) is 12.6. The predicted octanol–water partition coefficient (Wildman–Crippen LogP) is 1.55. The topological polar surface area (TPSA) is 65.4 Å². The highest BCUT2D eigenvalue weighted by Gasteiger charge is 2.08. The molecule has 1 aromatic rings. The zero-order valence-electron chi connectivity index (χ0n) is 11.8. The summed E-state index contributed by atoms with van der Waals surface area (Å²) in [5.41, 5.74) is 1.13. The molecule has 0 atom stereocenters. The highest BCUT2D eigenvalue weighted by molar-refractivity contribution is 6.32. The van der Waals surface area contributed by atoms with Crippen LogP contribution in [0.3, 0.4) is 0 Å². The average molecular weight is 302 g/mol. The summed E-state index contributed by atoms with van der Waals surface area (Å²) in [5.74, 6) is 0. The fraction of sp³-hybridized carbons (Fsp3) is 0.538. The monoisotopic (exact) mass is 301 g/mol. The Morgan fingerprint density at radius 2 is 2.30 bits per heavy atom. The summed E-state index contributed by atoms with van der Waals surface area (Å²) < 4.78 is 11.5. The second kappa shape index (κ2) is 8.73. The third-order valence-corrected chi connectivity index (χ3v) is 2.77. The molecule has 0 aliphatic rings. The first-order chi connectivity index (χ1) is 9.56. The fourth-order valence-electron chi connectivity index (χ4n) is 1.43. The van der Waals surface area contributed by atoms with Crippen LogP contribution in [-0.4, -0.2) is 43.3 Å². The molecule has 0 fully saturated rings. The molecule has 1 N–H and O–H groups in total. The maximum atomic E-state index is 11.9. The molecule has 112 valence electrons. The van der Waals surface area contributed by atoms with Gasteiger partial charge < -0.3 is 14.8 Å². The van der Waals surface area contributed by atoms with E-state index < -0.39 is 0 Å². The number of nitrogens with zero attached hydrogens (tertiary/aromatic N) is 2. The van der Waals surface area contributed by atoms with Crippen molar-refractivity contribution in [3.63, 3.8) is 0 Å². The summed E-state index contributed by atoms with van der Waals surface area (Å²) in [6.45, 7) is 7.97. The second-order valence-electron chi connectivity index (χ2n) is 4.33. The van der Waals surface area contributed by atoms with Crippen molar-refractivity contribution in [2.75, 3.05) is 38.8 Å². The molecule has 0 aromatic carbocycles. The lowest BCUT2D eigenvalue weighted by Gasteiger charge is -2.10. The SMILES string of the molecule is C=C(C)COCCNc1cnn(CCOC)c(=O)c1Cl. The number of halogens is 1. The first-order valence-corrected chi connectivity index (χ1v) is 6.64. The molecular weight excluding hydrogens is 282 g/mol. The minimum atomic E-state index is -0.337. The Labute approximate surface area is 123 Å². The Balaban J connectivity index is 2.53. The summed E-state index contributed by atoms with van der Waals surface area (Å²) in [6, 6.07) is 0. The Morgan fingerprint density at radius 3 is 2.95 bits per heavy atom. The molecule has 0 radical (unpaired) electrons. The van der Waals surface area contributed by atoms with Crippen LogP contribution in [0.4, 0.5) is 5.69 Å². The Kier molecular flexibility index (Phi) is 7.28. The molecule has 0 spiro atoms. The number of hydrogen-bond acceptors (Lipinski definition) is 5. The number of rotatable bonds is 9. The number of nitrogens with one attached hydrogen (secondary N) is 1. The number of ether oxygens (including phenoxy) is 2. The van der Waals surface area contributed by atoms with Gasteiger partial charge in [0.05, 0.1) is 38.2 Å². The van der Waals surface area contributed by atoms with E-state index in [0.29, 0.717) is 38.6 Å². The van der Waals surface area contributed by atoms with Crippen LogP contribution < -0.4 is 10.9 Å².